The van der Waals surface area contributed by atoms with E-state index < -0.39 is 0 Å². The second-order valence-corrected chi connectivity index (χ2v) is 5.13. The van der Waals surface area contributed by atoms with Crippen LogP contribution in [0.15, 0.2) is 66.7 Å². The van der Waals surface area contributed by atoms with Gasteiger partial charge in [-0.25, -0.2) is 4.79 Å². The fraction of sp³-hybridized carbons (Fsp3) is 0.211. The Bertz CT molecular complexity index is 593. The van der Waals surface area contributed by atoms with Gasteiger partial charge in [0.15, 0.2) is 0 Å². The molecule has 0 aromatic heterocycles. The molecular weight excluding hydrogens is 274 g/mol. The van der Waals surface area contributed by atoms with E-state index in [0.29, 0.717) is 13.2 Å². The maximum Gasteiger partial charge on any atom is 0.330 e. The molecule has 0 saturated carbocycles. The quantitative estimate of drug-likeness (QED) is 0.579. The number of carbonyl (C=O) groups is 1. The summed E-state index contributed by atoms with van der Waals surface area (Å²) in [7, 11) is 2.01. The second-order valence-electron chi connectivity index (χ2n) is 5.13. The first-order valence-corrected chi connectivity index (χ1v) is 7.36. The Kier molecular flexibility index (Phi) is 6.39. The summed E-state index contributed by atoms with van der Waals surface area (Å²) in [5, 5.41) is 0. The summed E-state index contributed by atoms with van der Waals surface area (Å²) < 4.78 is 5.20. The number of esters is 1. The molecule has 0 bridgehead atoms. The fourth-order valence-corrected chi connectivity index (χ4v) is 2.05. The van der Waals surface area contributed by atoms with Crippen LogP contribution >= 0.6 is 0 Å². The van der Waals surface area contributed by atoms with E-state index in [2.05, 4.69) is 17.0 Å². The molecule has 0 unspecified atom stereocenters. The molecule has 0 aliphatic carbocycles. The van der Waals surface area contributed by atoms with E-state index in [1.165, 1.54) is 11.6 Å². The predicted octanol–water partition coefficient (Wildman–Crippen LogP) is 3.38. The van der Waals surface area contributed by atoms with E-state index in [-0.39, 0.29) is 5.97 Å². The summed E-state index contributed by atoms with van der Waals surface area (Å²) in [5.41, 5.74) is 2.24. The van der Waals surface area contributed by atoms with Crippen LogP contribution in [0.1, 0.15) is 11.1 Å². The zero-order valence-corrected chi connectivity index (χ0v) is 12.8. The molecule has 0 heterocycles. The van der Waals surface area contributed by atoms with Gasteiger partial charge in [-0.3, -0.25) is 4.90 Å². The molecule has 2 aromatic rings. The Morgan fingerprint density at radius 1 is 1.05 bits per heavy atom. The van der Waals surface area contributed by atoms with E-state index in [0.717, 1.165) is 12.1 Å². The minimum Gasteiger partial charge on any atom is -0.461 e. The van der Waals surface area contributed by atoms with Gasteiger partial charge in [-0.15, -0.1) is 0 Å². The molecule has 0 N–H and O–H groups in total. The van der Waals surface area contributed by atoms with Crippen LogP contribution in [-0.2, 0) is 16.1 Å². The molecule has 22 heavy (non-hydrogen) atoms. The first-order valence-electron chi connectivity index (χ1n) is 7.36. The fourth-order valence-electron chi connectivity index (χ4n) is 2.05. The largest absolute Gasteiger partial charge is 0.461 e. The van der Waals surface area contributed by atoms with Crippen molar-refractivity contribution in [3.8, 4) is 0 Å². The van der Waals surface area contributed by atoms with Crippen molar-refractivity contribution in [2.24, 2.45) is 0 Å². The number of nitrogens with zero attached hydrogens (tertiary/aromatic N) is 1. The number of ether oxygens (including phenoxy) is 1. The average molecular weight is 295 g/mol. The highest BCUT2D eigenvalue weighted by molar-refractivity contribution is 5.87. The molecule has 2 aromatic carbocycles. The van der Waals surface area contributed by atoms with Crippen LogP contribution < -0.4 is 0 Å². The minimum absolute atomic E-state index is 0.308. The second kappa shape index (κ2) is 8.80. The van der Waals surface area contributed by atoms with E-state index in [9.17, 15) is 4.79 Å². The van der Waals surface area contributed by atoms with Crippen molar-refractivity contribution < 1.29 is 9.53 Å². The summed E-state index contributed by atoms with van der Waals surface area (Å²) in [6, 6.07) is 19.9. The third-order valence-corrected chi connectivity index (χ3v) is 3.22. The first kappa shape index (κ1) is 16.0. The van der Waals surface area contributed by atoms with Gasteiger partial charge in [-0.05, 0) is 24.3 Å². The molecule has 0 aliphatic rings. The van der Waals surface area contributed by atoms with Gasteiger partial charge in [0, 0.05) is 19.2 Å². The molecule has 0 radical (unpaired) electrons. The monoisotopic (exact) mass is 295 g/mol. The SMILES string of the molecule is CN(CCOC(=O)/C=C/c1ccccc1)Cc1ccccc1. The molecule has 0 saturated heterocycles. The molecule has 0 fully saturated rings. The molecule has 3 heteroatoms. The molecule has 0 spiro atoms. The highest BCUT2D eigenvalue weighted by Crippen LogP contribution is 2.03. The summed E-state index contributed by atoms with van der Waals surface area (Å²) in [5.74, 6) is -0.308. The first-order chi connectivity index (χ1) is 10.7. The normalized spacial score (nSPS) is 11.0. The molecule has 3 nitrogen and oxygen atoms in total. The standard InChI is InChI=1S/C19H21NO2/c1-20(16-18-10-6-3-7-11-18)14-15-22-19(21)13-12-17-8-4-2-5-9-17/h2-13H,14-16H2,1H3/b13-12+. The summed E-state index contributed by atoms with van der Waals surface area (Å²) in [4.78, 5) is 13.8. The molecule has 0 aliphatic heterocycles. The third kappa shape index (κ3) is 5.94. The van der Waals surface area contributed by atoms with E-state index in [1.54, 1.807) is 6.08 Å². The third-order valence-electron chi connectivity index (χ3n) is 3.22. The minimum atomic E-state index is -0.308. The van der Waals surface area contributed by atoms with E-state index in [4.69, 9.17) is 4.74 Å². The molecule has 0 amide bonds. The van der Waals surface area contributed by atoms with E-state index >= 15 is 0 Å². The zero-order valence-electron chi connectivity index (χ0n) is 12.8. The lowest BCUT2D eigenvalue weighted by Crippen LogP contribution is -2.23. The van der Waals surface area contributed by atoms with Gasteiger partial charge in [-0.2, -0.15) is 0 Å². The maximum absolute atomic E-state index is 11.6. The van der Waals surface area contributed by atoms with Crippen LogP contribution in [-0.4, -0.2) is 31.1 Å². The number of rotatable bonds is 7. The predicted molar refractivity (Wildman–Crippen MR) is 89.2 cm³/mol. The van der Waals surface area contributed by atoms with Crippen molar-refractivity contribution >= 4 is 12.0 Å². The zero-order chi connectivity index (χ0) is 15.6. The van der Waals surface area contributed by atoms with Crippen LogP contribution in [0.2, 0.25) is 0 Å². The van der Waals surface area contributed by atoms with Gasteiger partial charge >= 0.3 is 5.97 Å². The van der Waals surface area contributed by atoms with Crippen LogP contribution in [0.4, 0.5) is 0 Å². The topological polar surface area (TPSA) is 29.5 Å². The van der Waals surface area contributed by atoms with Gasteiger partial charge in [-0.1, -0.05) is 60.7 Å². The number of carbonyl (C=O) groups excluding carboxylic acids is 1. The Morgan fingerprint density at radius 2 is 1.68 bits per heavy atom. The van der Waals surface area contributed by atoms with E-state index in [1.807, 2.05) is 55.6 Å². The average Bonchev–Trinajstić information content (AvgIpc) is 2.55. The van der Waals surface area contributed by atoms with Crippen molar-refractivity contribution in [3.05, 3.63) is 77.9 Å². The highest BCUT2D eigenvalue weighted by atomic mass is 16.5. The van der Waals surface area contributed by atoms with Crippen LogP contribution in [0.3, 0.4) is 0 Å². The number of hydrogen-bond donors (Lipinski definition) is 0. The number of benzene rings is 2. The smallest absolute Gasteiger partial charge is 0.330 e. The lowest BCUT2D eigenvalue weighted by atomic mass is 10.2. The Balaban J connectivity index is 1.67. The van der Waals surface area contributed by atoms with Crippen LogP contribution in [0, 0.1) is 0 Å². The van der Waals surface area contributed by atoms with Gasteiger partial charge in [0.1, 0.15) is 6.61 Å². The van der Waals surface area contributed by atoms with Crippen molar-refractivity contribution in [2.45, 2.75) is 6.54 Å². The lowest BCUT2D eigenvalue weighted by Gasteiger charge is -2.16. The van der Waals surface area contributed by atoms with Gasteiger partial charge < -0.3 is 4.74 Å². The molecule has 0 atom stereocenters. The van der Waals surface area contributed by atoms with Crippen molar-refractivity contribution in [1.29, 1.82) is 0 Å². The van der Waals surface area contributed by atoms with Gasteiger partial charge in [0.25, 0.3) is 0 Å². The Labute approximate surface area is 131 Å². The van der Waals surface area contributed by atoms with Crippen molar-refractivity contribution in [2.75, 3.05) is 20.2 Å². The summed E-state index contributed by atoms with van der Waals surface area (Å²) in [6.07, 6.45) is 3.22. The molecule has 2 rings (SSSR count). The van der Waals surface area contributed by atoms with Crippen molar-refractivity contribution in [1.82, 2.24) is 4.90 Å². The maximum atomic E-state index is 11.6. The Hall–Kier alpha value is -2.39. The summed E-state index contributed by atoms with van der Waals surface area (Å²) in [6.45, 7) is 1.94. The summed E-state index contributed by atoms with van der Waals surface area (Å²) >= 11 is 0. The van der Waals surface area contributed by atoms with Crippen LogP contribution in [0.5, 0.6) is 0 Å². The van der Waals surface area contributed by atoms with Crippen molar-refractivity contribution in [3.63, 3.8) is 0 Å². The number of hydrogen-bond acceptors (Lipinski definition) is 3. The highest BCUT2D eigenvalue weighted by Gasteiger charge is 2.02. The Morgan fingerprint density at radius 3 is 2.36 bits per heavy atom. The molecular formula is C19H21NO2. The molecule has 114 valence electrons. The van der Waals surface area contributed by atoms with Gasteiger partial charge in [0.2, 0.25) is 0 Å². The van der Waals surface area contributed by atoms with Gasteiger partial charge in [0.05, 0.1) is 0 Å². The van der Waals surface area contributed by atoms with Crippen LogP contribution in [0.25, 0.3) is 6.08 Å². The number of likely N-dealkylation sites (N-methyl/N-ethyl adjacent to an activating group) is 1. The lowest BCUT2D eigenvalue weighted by molar-refractivity contribution is -0.138.